The van der Waals surface area contributed by atoms with Crippen LogP contribution in [0.5, 0.6) is 11.5 Å². The Hall–Kier alpha value is -3.02. The highest BCUT2D eigenvalue weighted by molar-refractivity contribution is 5.88. The first kappa shape index (κ1) is 19.3. The van der Waals surface area contributed by atoms with E-state index in [0.717, 1.165) is 5.56 Å². The van der Waals surface area contributed by atoms with Crippen LogP contribution in [0.1, 0.15) is 24.5 Å². The molecule has 138 valence electrons. The van der Waals surface area contributed by atoms with Gasteiger partial charge in [0.05, 0.1) is 14.2 Å². The Bertz CT molecular complexity index is 775. The quantitative estimate of drug-likeness (QED) is 0.759. The molecule has 0 unspecified atom stereocenters. The molecule has 0 aliphatic heterocycles. The third-order valence-electron chi connectivity index (χ3n) is 4.26. The Labute approximate surface area is 152 Å². The molecule has 6 nitrogen and oxygen atoms in total. The van der Waals surface area contributed by atoms with Gasteiger partial charge in [-0.2, -0.15) is 0 Å². The molecule has 2 aromatic rings. The predicted octanol–water partition coefficient (Wildman–Crippen LogP) is 2.75. The average molecular weight is 357 g/mol. The molecule has 1 atom stereocenters. The molecule has 1 amide bonds. The normalized spacial score (nSPS) is 12.7. The number of benzene rings is 2. The molecule has 2 aromatic carbocycles. The van der Waals surface area contributed by atoms with Crippen LogP contribution >= 0.6 is 0 Å². The highest BCUT2D eigenvalue weighted by Gasteiger charge is 2.37. The number of hydrogen-bond donors (Lipinski definition) is 2. The number of nitrogens with one attached hydrogen (secondary N) is 1. The highest BCUT2D eigenvalue weighted by Crippen LogP contribution is 2.32. The first-order valence-electron chi connectivity index (χ1n) is 8.21. The second-order valence-electron chi connectivity index (χ2n) is 6.03. The topological polar surface area (TPSA) is 84.9 Å². The summed E-state index contributed by atoms with van der Waals surface area (Å²) in [7, 11) is 2.97. The van der Waals surface area contributed by atoms with Crippen molar-refractivity contribution in [1.82, 2.24) is 5.32 Å². The molecule has 0 saturated heterocycles. The van der Waals surface area contributed by atoms with Crippen molar-refractivity contribution in [2.45, 2.75) is 25.3 Å². The van der Waals surface area contributed by atoms with Gasteiger partial charge in [0.1, 0.15) is 0 Å². The number of carboxylic acids is 1. The molecule has 6 heteroatoms. The molecule has 0 saturated carbocycles. The van der Waals surface area contributed by atoms with Gasteiger partial charge < -0.3 is 19.9 Å². The zero-order chi connectivity index (χ0) is 19.2. The number of rotatable bonds is 8. The lowest BCUT2D eigenvalue weighted by Gasteiger charge is -2.27. The SMILES string of the molecule is COc1ccc([C@](C)(NC(=O)CCc2ccccc2)C(=O)O)cc1OC. The van der Waals surface area contributed by atoms with Crippen molar-refractivity contribution in [3.63, 3.8) is 0 Å². The largest absolute Gasteiger partial charge is 0.493 e. The minimum Gasteiger partial charge on any atom is -0.493 e. The summed E-state index contributed by atoms with van der Waals surface area (Å²) in [5, 5.41) is 12.4. The fourth-order valence-electron chi connectivity index (χ4n) is 2.64. The van der Waals surface area contributed by atoms with Crippen LogP contribution in [0.2, 0.25) is 0 Å². The summed E-state index contributed by atoms with van der Waals surface area (Å²) in [6.45, 7) is 1.46. The summed E-state index contributed by atoms with van der Waals surface area (Å²) in [5.41, 5.74) is -0.158. The van der Waals surface area contributed by atoms with E-state index in [2.05, 4.69) is 5.32 Å². The average Bonchev–Trinajstić information content (AvgIpc) is 2.66. The number of carbonyl (C=O) groups excluding carboxylic acids is 1. The lowest BCUT2D eigenvalue weighted by atomic mass is 9.91. The fraction of sp³-hybridized carbons (Fsp3) is 0.300. The Balaban J connectivity index is 2.18. The van der Waals surface area contributed by atoms with Crippen molar-refractivity contribution in [3.8, 4) is 11.5 Å². The third-order valence-corrected chi connectivity index (χ3v) is 4.26. The Morgan fingerprint density at radius 3 is 2.27 bits per heavy atom. The molecular formula is C20H23NO5. The number of methoxy groups -OCH3 is 2. The summed E-state index contributed by atoms with van der Waals surface area (Å²) < 4.78 is 10.4. The Morgan fingerprint density at radius 2 is 1.69 bits per heavy atom. The van der Waals surface area contributed by atoms with Crippen molar-refractivity contribution in [3.05, 3.63) is 59.7 Å². The zero-order valence-corrected chi connectivity index (χ0v) is 15.1. The van der Waals surface area contributed by atoms with Crippen molar-refractivity contribution < 1.29 is 24.2 Å². The van der Waals surface area contributed by atoms with Gasteiger partial charge in [0.2, 0.25) is 5.91 Å². The molecule has 0 radical (unpaired) electrons. The van der Waals surface area contributed by atoms with E-state index in [4.69, 9.17) is 9.47 Å². The van der Waals surface area contributed by atoms with Crippen LogP contribution in [0.25, 0.3) is 0 Å². The maximum absolute atomic E-state index is 12.4. The smallest absolute Gasteiger partial charge is 0.333 e. The van der Waals surface area contributed by atoms with Gasteiger partial charge in [0.15, 0.2) is 17.0 Å². The Kier molecular flexibility index (Phi) is 6.22. The van der Waals surface area contributed by atoms with Crippen molar-refractivity contribution in [2.24, 2.45) is 0 Å². The summed E-state index contributed by atoms with van der Waals surface area (Å²) in [6.07, 6.45) is 0.731. The summed E-state index contributed by atoms with van der Waals surface area (Å²) in [6, 6.07) is 14.3. The molecule has 0 aliphatic rings. The lowest BCUT2D eigenvalue weighted by molar-refractivity contribution is -0.147. The number of amides is 1. The Morgan fingerprint density at radius 1 is 1.04 bits per heavy atom. The van der Waals surface area contributed by atoms with E-state index in [1.54, 1.807) is 18.2 Å². The van der Waals surface area contributed by atoms with E-state index < -0.39 is 11.5 Å². The van der Waals surface area contributed by atoms with E-state index in [9.17, 15) is 14.7 Å². The molecule has 0 heterocycles. The molecule has 26 heavy (non-hydrogen) atoms. The van der Waals surface area contributed by atoms with Crippen LogP contribution in [-0.4, -0.2) is 31.2 Å². The lowest BCUT2D eigenvalue weighted by Crippen LogP contribution is -2.49. The van der Waals surface area contributed by atoms with Crippen molar-refractivity contribution >= 4 is 11.9 Å². The second-order valence-corrected chi connectivity index (χ2v) is 6.03. The maximum Gasteiger partial charge on any atom is 0.333 e. The van der Waals surface area contributed by atoms with E-state index >= 15 is 0 Å². The van der Waals surface area contributed by atoms with Crippen molar-refractivity contribution in [1.29, 1.82) is 0 Å². The fourth-order valence-corrected chi connectivity index (χ4v) is 2.64. The number of aliphatic carboxylic acids is 1. The summed E-state index contributed by atoms with van der Waals surface area (Å²) >= 11 is 0. The maximum atomic E-state index is 12.4. The molecule has 0 spiro atoms. The number of ether oxygens (including phenoxy) is 2. The van der Waals surface area contributed by atoms with Crippen LogP contribution in [0.15, 0.2) is 48.5 Å². The predicted molar refractivity (Wildman–Crippen MR) is 97.4 cm³/mol. The van der Waals surface area contributed by atoms with E-state index in [0.29, 0.717) is 23.5 Å². The van der Waals surface area contributed by atoms with Gasteiger partial charge in [0.25, 0.3) is 0 Å². The monoisotopic (exact) mass is 357 g/mol. The highest BCUT2D eigenvalue weighted by atomic mass is 16.5. The number of aryl methyl sites for hydroxylation is 1. The minimum atomic E-state index is -1.58. The molecule has 0 fully saturated rings. The molecule has 0 aromatic heterocycles. The second kappa shape index (κ2) is 8.38. The summed E-state index contributed by atoms with van der Waals surface area (Å²) in [4.78, 5) is 24.3. The van der Waals surface area contributed by atoms with Gasteiger partial charge in [-0.05, 0) is 36.6 Å². The molecule has 0 aliphatic carbocycles. The van der Waals surface area contributed by atoms with Crippen LogP contribution in [0, 0.1) is 0 Å². The molecule has 2 N–H and O–H groups in total. The molecule has 2 rings (SSSR count). The van der Waals surface area contributed by atoms with Gasteiger partial charge in [-0.1, -0.05) is 36.4 Å². The van der Waals surface area contributed by atoms with Crippen LogP contribution in [0.4, 0.5) is 0 Å². The standard InChI is InChI=1S/C20H23NO5/c1-20(19(23)24,15-10-11-16(25-2)17(13-15)26-3)21-18(22)12-9-14-7-5-4-6-8-14/h4-8,10-11,13H,9,12H2,1-3H3,(H,21,22)(H,23,24)/t20-/m0/s1. The number of carboxylic acid groups (broad SMARTS) is 1. The van der Waals surface area contributed by atoms with E-state index in [1.807, 2.05) is 30.3 Å². The molecular weight excluding hydrogens is 334 g/mol. The molecule has 0 bridgehead atoms. The van der Waals surface area contributed by atoms with Gasteiger partial charge in [-0.15, -0.1) is 0 Å². The third kappa shape index (κ3) is 4.33. The van der Waals surface area contributed by atoms with Gasteiger partial charge in [-0.25, -0.2) is 4.79 Å². The minimum absolute atomic E-state index is 0.195. The van der Waals surface area contributed by atoms with Gasteiger partial charge in [-0.3, -0.25) is 4.79 Å². The number of hydrogen-bond acceptors (Lipinski definition) is 4. The number of carbonyl (C=O) groups is 2. The van der Waals surface area contributed by atoms with Gasteiger partial charge >= 0.3 is 5.97 Å². The first-order valence-corrected chi connectivity index (χ1v) is 8.21. The summed E-state index contributed by atoms with van der Waals surface area (Å²) in [5.74, 6) is -0.610. The van der Waals surface area contributed by atoms with Crippen LogP contribution in [-0.2, 0) is 21.5 Å². The zero-order valence-electron chi connectivity index (χ0n) is 15.1. The van der Waals surface area contributed by atoms with E-state index in [1.165, 1.54) is 21.1 Å². The van der Waals surface area contributed by atoms with Crippen molar-refractivity contribution in [2.75, 3.05) is 14.2 Å². The van der Waals surface area contributed by atoms with Crippen LogP contribution in [0.3, 0.4) is 0 Å². The van der Waals surface area contributed by atoms with Crippen LogP contribution < -0.4 is 14.8 Å². The first-order chi connectivity index (χ1) is 12.4. The van der Waals surface area contributed by atoms with E-state index in [-0.39, 0.29) is 12.3 Å². The van der Waals surface area contributed by atoms with Gasteiger partial charge in [0, 0.05) is 6.42 Å².